The summed E-state index contributed by atoms with van der Waals surface area (Å²) in [5.74, 6) is -1.03. The van der Waals surface area contributed by atoms with Gasteiger partial charge in [-0.25, -0.2) is 0 Å². The lowest BCUT2D eigenvalue weighted by atomic mass is 10.1. The van der Waals surface area contributed by atoms with Crippen LogP contribution in [0.4, 0.5) is 0 Å². The molecule has 6 nitrogen and oxygen atoms in total. The van der Waals surface area contributed by atoms with Gasteiger partial charge in [0.1, 0.15) is 13.2 Å². The van der Waals surface area contributed by atoms with Crippen LogP contribution >= 0.6 is 0 Å². The Kier molecular flexibility index (Phi) is 47.0. The molecule has 0 radical (unpaired) electrons. The molecule has 0 aliphatic carbocycles. The number of unbranched alkanes of at least 4 members (excludes halogenated alkanes) is 18. The van der Waals surface area contributed by atoms with Crippen molar-refractivity contribution in [2.75, 3.05) is 13.2 Å². The summed E-state index contributed by atoms with van der Waals surface area (Å²) in [4.78, 5) is 37.8. The molecule has 0 heterocycles. The molecule has 0 aromatic heterocycles. The maximum atomic E-state index is 12.7. The Morgan fingerprint density at radius 1 is 0.355 bits per heavy atom. The Balaban J connectivity index is 4.48. The first-order valence-corrected chi connectivity index (χ1v) is 25.3. The molecule has 0 spiro atoms. The molecule has 62 heavy (non-hydrogen) atoms. The Labute approximate surface area is 381 Å². The fraction of sp³-hybridized carbons (Fsp3) is 0.661. The Bertz CT molecular complexity index is 1260. The highest BCUT2D eigenvalue weighted by Crippen LogP contribution is 2.12. The molecule has 0 aliphatic heterocycles. The average molecular weight is 861 g/mol. The van der Waals surface area contributed by atoms with Crippen LogP contribution in [0.5, 0.6) is 0 Å². The molecule has 0 N–H and O–H groups in total. The van der Waals surface area contributed by atoms with Crippen LogP contribution in [0.15, 0.2) is 97.2 Å². The summed E-state index contributed by atoms with van der Waals surface area (Å²) in [6, 6.07) is 0. The monoisotopic (exact) mass is 861 g/mol. The van der Waals surface area contributed by atoms with Crippen molar-refractivity contribution in [3.63, 3.8) is 0 Å². The van der Waals surface area contributed by atoms with Crippen molar-refractivity contribution in [3.8, 4) is 0 Å². The standard InChI is InChI=1S/C56H92O6/c1-4-7-10-13-16-19-21-23-25-27-29-30-32-34-37-40-43-46-49-55(58)61-52-53(51-60-54(57)48-45-42-39-36-18-15-12-9-6-3)62-56(59)50-47-44-41-38-35-33-31-28-26-24-22-20-17-14-11-8-5-2/h8,11,17,20,24-27,29-31,33,36,38-39,41,53H,4-7,9-10,12-16,18-19,21-23,28,32,34-35,37,40,42-52H2,1-3H3/b11-8-,20-17-,26-24-,27-25-,30-29-,33-31-,39-36-,41-38-. The number of allylic oxidation sites excluding steroid dienone is 16. The predicted octanol–water partition coefficient (Wildman–Crippen LogP) is 16.6. The molecular formula is C56H92O6. The van der Waals surface area contributed by atoms with Gasteiger partial charge in [-0.15, -0.1) is 0 Å². The van der Waals surface area contributed by atoms with E-state index in [-0.39, 0.29) is 37.5 Å². The van der Waals surface area contributed by atoms with Crippen molar-refractivity contribution in [3.05, 3.63) is 97.2 Å². The van der Waals surface area contributed by atoms with E-state index in [2.05, 4.69) is 118 Å². The van der Waals surface area contributed by atoms with Crippen LogP contribution in [0.25, 0.3) is 0 Å². The number of esters is 3. The molecule has 352 valence electrons. The van der Waals surface area contributed by atoms with E-state index in [0.717, 1.165) is 89.9 Å². The van der Waals surface area contributed by atoms with Crippen LogP contribution in [0.3, 0.4) is 0 Å². The van der Waals surface area contributed by atoms with Crippen molar-refractivity contribution < 1.29 is 28.6 Å². The van der Waals surface area contributed by atoms with E-state index in [1.54, 1.807) is 0 Å². The van der Waals surface area contributed by atoms with Crippen molar-refractivity contribution in [1.82, 2.24) is 0 Å². The highest BCUT2D eigenvalue weighted by atomic mass is 16.6. The maximum Gasteiger partial charge on any atom is 0.306 e. The number of carbonyl (C=O) groups is 3. The van der Waals surface area contributed by atoms with Crippen LogP contribution in [-0.4, -0.2) is 37.2 Å². The van der Waals surface area contributed by atoms with Crippen LogP contribution < -0.4 is 0 Å². The van der Waals surface area contributed by atoms with Crippen LogP contribution in [0.2, 0.25) is 0 Å². The smallest absolute Gasteiger partial charge is 0.306 e. The van der Waals surface area contributed by atoms with Crippen LogP contribution in [0.1, 0.15) is 220 Å². The van der Waals surface area contributed by atoms with E-state index in [4.69, 9.17) is 14.2 Å². The molecule has 0 saturated carbocycles. The van der Waals surface area contributed by atoms with E-state index in [9.17, 15) is 14.4 Å². The fourth-order valence-corrected chi connectivity index (χ4v) is 6.53. The zero-order chi connectivity index (χ0) is 45.1. The zero-order valence-electron chi connectivity index (χ0n) is 40.1. The summed E-state index contributed by atoms with van der Waals surface area (Å²) in [6.07, 6.45) is 65.5. The lowest BCUT2D eigenvalue weighted by molar-refractivity contribution is -0.167. The van der Waals surface area contributed by atoms with Crippen molar-refractivity contribution in [2.45, 2.75) is 226 Å². The summed E-state index contributed by atoms with van der Waals surface area (Å²) in [5.41, 5.74) is 0. The second kappa shape index (κ2) is 50.0. The maximum absolute atomic E-state index is 12.7. The molecule has 0 fully saturated rings. The van der Waals surface area contributed by atoms with E-state index in [0.29, 0.717) is 25.7 Å². The SMILES string of the molecule is CC/C=C\C/C=C\C/C=C\C/C=C\C/C=C\CCCC(=O)OC(COC(=O)CCC/C=C\CCCCCC)COC(=O)CCCCCCC/C=C\C=C/CCCCCCCCC. The lowest BCUT2D eigenvalue weighted by Gasteiger charge is -2.18. The average Bonchev–Trinajstić information content (AvgIpc) is 3.27. The largest absolute Gasteiger partial charge is 0.462 e. The topological polar surface area (TPSA) is 78.9 Å². The second-order valence-corrected chi connectivity index (χ2v) is 16.4. The first-order chi connectivity index (χ1) is 30.5. The molecule has 0 aliphatic rings. The second-order valence-electron chi connectivity index (χ2n) is 16.4. The number of hydrogen-bond acceptors (Lipinski definition) is 6. The molecule has 0 aromatic rings. The molecule has 1 unspecified atom stereocenters. The normalized spacial score (nSPS) is 12.9. The van der Waals surface area contributed by atoms with E-state index in [1.807, 2.05) is 0 Å². The zero-order valence-corrected chi connectivity index (χ0v) is 40.1. The van der Waals surface area contributed by atoms with Gasteiger partial charge >= 0.3 is 17.9 Å². The summed E-state index contributed by atoms with van der Waals surface area (Å²) in [5, 5.41) is 0. The van der Waals surface area contributed by atoms with Gasteiger partial charge in [0.2, 0.25) is 0 Å². The minimum atomic E-state index is -0.824. The number of ether oxygens (including phenoxy) is 3. The molecule has 0 bridgehead atoms. The highest BCUT2D eigenvalue weighted by molar-refractivity contribution is 5.71. The first-order valence-electron chi connectivity index (χ1n) is 25.3. The third-order valence-corrected chi connectivity index (χ3v) is 10.3. The third kappa shape index (κ3) is 47.4. The molecule has 0 saturated heterocycles. The van der Waals surface area contributed by atoms with Crippen LogP contribution in [-0.2, 0) is 28.6 Å². The highest BCUT2D eigenvalue weighted by Gasteiger charge is 2.19. The minimum absolute atomic E-state index is 0.118. The summed E-state index contributed by atoms with van der Waals surface area (Å²) >= 11 is 0. The minimum Gasteiger partial charge on any atom is -0.462 e. The van der Waals surface area contributed by atoms with Gasteiger partial charge in [0.05, 0.1) is 0 Å². The van der Waals surface area contributed by atoms with Gasteiger partial charge in [0.15, 0.2) is 6.10 Å². The van der Waals surface area contributed by atoms with E-state index >= 15 is 0 Å². The van der Waals surface area contributed by atoms with Gasteiger partial charge < -0.3 is 14.2 Å². The Hall–Kier alpha value is -3.67. The number of carbonyl (C=O) groups excluding carboxylic acids is 3. The number of rotatable bonds is 44. The molecule has 0 aromatic carbocycles. The molecule has 0 rings (SSSR count). The molecular weight excluding hydrogens is 769 g/mol. The van der Waals surface area contributed by atoms with Gasteiger partial charge in [-0.1, -0.05) is 195 Å². The Morgan fingerprint density at radius 2 is 0.694 bits per heavy atom. The fourth-order valence-electron chi connectivity index (χ4n) is 6.53. The van der Waals surface area contributed by atoms with Gasteiger partial charge in [0, 0.05) is 19.3 Å². The van der Waals surface area contributed by atoms with Gasteiger partial charge in [-0.2, -0.15) is 0 Å². The third-order valence-electron chi connectivity index (χ3n) is 10.3. The predicted molar refractivity (Wildman–Crippen MR) is 265 cm³/mol. The van der Waals surface area contributed by atoms with Gasteiger partial charge in [0.25, 0.3) is 0 Å². The molecule has 6 heteroatoms. The summed E-state index contributed by atoms with van der Waals surface area (Å²) in [7, 11) is 0. The van der Waals surface area contributed by atoms with Crippen molar-refractivity contribution >= 4 is 17.9 Å². The van der Waals surface area contributed by atoms with Gasteiger partial charge in [-0.05, 0) is 103 Å². The lowest BCUT2D eigenvalue weighted by Crippen LogP contribution is -2.30. The molecule has 1 atom stereocenters. The van der Waals surface area contributed by atoms with E-state index in [1.165, 1.54) is 77.0 Å². The number of hydrogen-bond donors (Lipinski definition) is 0. The van der Waals surface area contributed by atoms with Crippen LogP contribution in [0, 0.1) is 0 Å². The summed E-state index contributed by atoms with van der Waals surface area (Å²) in [6.45, 7) is 6.38. The summed E-state index contributed by atoms with van der Waals surface area (Å²) < 4.78 is 16.6. The van der Waals surface area contributed by atoms with Gasteiger partial charge in [-0.3, -0.25) is 14.4 Å². The molecule has 0 amide bonds. The van der Waals surface area contributed by atoms with Crippen molar-refractivity contribution in [1.29, 1.82) is 0 Å². The van der Waals surface area contributed by atoms with E-state index < -0.39 is 6.10 Å². The van der Waals surface area contributed by atoms with Crippen molar-refractivity contribution in [2.24, 2.45) is 0 Å². The quantitative estimate of drug-likeness (QED) is 0.0200. The Morgan fingerprint density at radius 3 is 1.18 bits per heavy atom. The first kappa shape index (κ1) is 58.3.